The molecule has 0 bridgehead atoms. The zero-order valence-electron chi connectivity index (χ0n) is 21.1. The number of halogens is 1. The lowest BCUT2D eigenvalue weighted by Gasteiger charge is -2.25. The van der Waals surface area contributed by atoms with E-state index in [9.17, 15) is 4.57 Å². The zero-order chi connectivity index (χ0) is 26.1. The lowest BCUT2D eigenvalue weighted by Crippen LogP contribution is -2.09. The van der Waals surface area contributed by atoms with Gasteiger partial charge in [-0.2, -0.15) is 0 Å². The number of nitrogens with zero attached hydrogens (tertiary/aromatic N) is 1. The molecule has 190 valence electrons. The third kappa shape index (κ3) is 7.65. The Kier molecular flexibility index (Phi) is 9.75. The first-order valence-electron chi connectivity index (χ1n) is 12.4. The third-order valence-corrected chi connectivity index (χ3v) is 8.33. The zero-order valence-corrected chi connectivity index (χ0v) is 24.1. The van der Waals surface area contributed by atoms with Crippen LogP contribution in [0.3, 0.4) is 0 Å². The summed E-state index contributed by atoms with van der Waals surface area (Å²) in [4.78, 5) is 2.24. The van der Waals surface area contributed by atoms with E-state index in [2.05, 4.69) is 119 Å². The molecule has 37 heavy (non-hydrogen) atoms. The highest BCUT2D eigenvalue weighted by Crippen LogP contribution is 2.51. The van der Waals surface area contributed by atoms with E-state index in [1.54, 1.807) is 0 Å². The van der Waals surface area contributed by atoms with Crippen LogP contribution in [0.15, 0.2) is 103 Å². The Morgan fingerprint density at radius 2 is 1.22 bits per heavy atom. The van der Waals surface area contributed by atoms with E-state index < -0.39 is 7.60 Å². The summed E-state index contributed by atoms with van der Waals surface area (Å²) in [5.41, 5.74) is 6.39. The van der Waals surface area contributed by atoms with E-state index in [4.69, 9.17) is 9.05 Å². The number of para-hydroxylation sites is 2. The molecule has 0 heterocycles. The predicted octanol–water partition coefficient (Wildman–Crippen LogP) is 9.70. The van der Waals surface area contributed by atoms with E-state index in [0.717, 1.165) is 37.3 Å². The molecule has 6 heteroatoms. The number of hydrogen-bond donors (Lipinski definition) is 0. The normalized spacial score (nSPS) is 11.6. The molecule has 0 amide bonds. The molecule has 4 aromatic rings. The maximum Gasteiger partial charge on any atom is 0.335 e. The van der Waals surface area contributed by atoms with Crippen molar-refractivity contribution in [1.29, 1.82) is 0 Å². The summed E-state index contributed by atoms with van der Waals surface area (Å²) >= 11 is 2.29. The molecule has 0 aliphatic rings. The smallest absolute Gasteiger partial charge is 0.311 e. The molecule has 0 N–H and O–H groups in total. The molecular weight excluding hydrogens is 592 g/mol. The molecule has 0 aliphatic carbocycles. The van der Waals surface area contributed by atoms with Crippen LogP contribution in [-0.4, -0.2) is 13.2 Å². The number of rotatable bonds is 11. The third-order valence-electron chi connectivity index (χ3n) is 5.66. The Bertz CT molecular complexity index is 1310. The highest BCUT2D eigenvalue weighted by atomic mass is 127. The van der Waals surface area contributed by atoms with Gasteiger partial charge in [-0.25, -0.2) is 0 Å². The summed E-state index contributed by atoms with van der Waals surface area (Å²) in [6.07, 6.45) is 4.44. The maximum absolute atomic E-state index is 13.0. The van der Waals surface area contributed by atoms with Gasteiger partial charge in [-0.1, -0.05) is 66.7 Å². The van der Waals surface area contributed by atoms with Crippen molar-refractivity contribution in [2.24, 2.45) is 0 Å². The van der Waals surface area contributed by atoms with Crippen LogP contribution in [0.4, 0.5) is 17.1 Å². The van der Waals surface area contributed by atoms with Crippen molar-refractivity contribution in [1.82, 2.24) is 0 Å². The van der Waals surface area contributed by atoms with Gasteiger partial charge in [0.25, 0.3) is 0 Å². The first-order chi connectivity index (χ1) is 18.0. The van der Waals surface area contributed by atoms with Gasteiger partial charge in [0.05, 0.1) is 19.4 Å². The molecule has 0 radical (unpaired) electrons. The summed E-state index contributed by atoms with van der Waals surface area (Å²) in [5.74, 6) is 0. The largest absolute Gasteiger partial charge is 0.335 e. The van der Waals surface area contributed by atoms with Crippen LogP contribution < -0.4 is 4.90 Å². The predicted molar refractivity (Wildman–Crippen MR) is 164 cm³/mol. The van der Waals surface area contributed by atoms with Gasteiger partial charge in [0.1, 0.15) is 0 Å². The number of anilines is 3. The van der Waals surface area contributed by atoms with Crippen molar-refractivity contribution >= 4 is 59.4 Å². The molecule has 4 aromatic carbocycles. The number of hydrogen-bond acceptors (Lipinski definition) is 4. The fraction of sp³-hybridized carbons (Fsp3) is 0.161. The molecule has 0 atom stereocenters. The first kappa shape index (κ1) is 27.3. The summed E-state index contributed by atoms with van der Waals surface area (Å²) in [7, 11) is -3.16. The topological polar surface area (TPSA) is 38.8 Å². The van der Waals surface area contributed by atoms with Crippen LogP contribution in [0.5, 0.6) is 0 Å². The number of benzene rings is 4. The minimum absolute atomic E-state index is 0.260. The second kappa shape index (κ2) is 13.2. The van der Waals surface area contributed by atoms with Crippen molar-refractivity contribution in [2.75, 3.05) is 18.1 Å². The molecule has 0 fully saturated rings. The van der Waals surface area contributed by atoms with Gasteiger partial charge < -0.3 is 13.9 Å². The van der Waals surface area contributed by atoms with Crippen molar-refractivity contribution in [3.63, 3.8) is 0 Å². The van der Waals surface area contributed by atoms with Gasteiger partial charge in [-0.3, -0.25) is 4.57 Å². The van der Waals surface area contributed by atoms with Gasteiger partial charge in [0, 0.05) is 20.6 Å². The van der Waals surface area contributed by atoms with Crippen LogP contribution in [-0.2, 0) is 19.8 Å². The molecular formula is C31H31INO3P. The Balaban J connectivity index is 1.55. The minimum Gasteiger partial charge on any atom is -0.311 e. The van der Waals surface area contributed by atoms with Crippen molar-refractivity contribution in [3.8, 4) is 0 Å². The van der Waals surface area contributed by atoms with E-state index in [1.807, 2.05) is 38.1 Å². The molecule has 0 spiro atoms. The van der Waals surface area contributed by atoms with Gasteiger partial charge >= 0.3 is 7.60 Å². The Hall–Kier alpha value is -2.70. The van der Waals surface area contributed by atoms with Crippen molar-refractivity contribution in [2.45, 2.75) is 20.0 Å². The fourth-order valence-corrected chi connectivity index (χ4v) is 6.57. The molecule has 0 unspecified atom stereocenters. The Labute approximate surface area is 233 Å². The second-order valence-corrected chi connectivity index (χ2v) is 11.7. The van der Waals surface area contributed by atoms with Gasteiger partial charge in [0.2, 0.25) is 0 Å². The molecule has 0 saturated heterocycles. The first-order valence-corrected chi connectivity index (χ1v) is 15.2. The summed E-state index contributed by atoms with van der Waals surface area (Å²) in [5, 5.41) is 0. The highest BCUT2D eigenvalue weighted by Gasteiger charge is 2.24. The van der Waals surface area contributed by atoms with Crippen molar-refractivity contribution < 1.29 is 13.6 Å². The van der Waals surface area contributed by atoms with Gasteiger partial charge in [0.15, 0.2) is 0 Å². The second-order valence-electron chi connectivity index (χ2n) is 8.43. The highest BCUT2D eigenvalue weighted by molar-refractivity contribution is 14.1. The summed E-state index contributed by atoms with van der Waals surface area (Å²) in [6.45, 7) is 4.38. The average molecular weight is 623 g/mol. The summed E-state index contributed by atoms with van der Waals surface area (Å²) in [6, 6.07) is 35.4. The van der Waals surface area contributed by atoms with E-state index in [1.165, 1.54) is 0 Å². The lowest BCUT2D eigenvalue weighted by atomic mass is 10.1. The van der Waals surface area contributed by atoms with E-state index in [-0.39, 0.29) is 6.16 Å². The minimum atomic E-state index is -3.16. The standard InChI is InChI=1S/C31H31INO3P/c1-3-35-37(34,36-4-2)24-27-21-26(22-28(32)23-27)16-15-25-17-19-31(20-18-25)33(29-11-7-5-8-12-29)30-13-9-6-10-14-30/h5-23H,3-4,24H2,1-2H3/b16-15+. The SMILES string of the molecule is CCOP(=O)(Cc1cc(I)cc(/C=C/c2ccc(N(c3ccccc3)c3ccccc3)cc2)c1)OCC. The maximum atomic E-state index is 13.0. The molecule has 4 nitrogen and oxygen atoms in total. The van der Waals surface area contributed by atoms with Crippen LogP contribution in [0, 0.1) is 3.57 Å². The monoisotopic (exact) mass is 623 g/mol. The van der Waals surface area contributed by atoms with Crippen LogP contribution in [0.1, 0.15) is 30.5 Å². The summed E-state index contributed by atoms with van der Waals surface area (Å²) < 4.78 is 25.1. The van der Waals surface area contributed by atoms with Crippen molar-refractivity contribution in [3.05, 3.63) is 123 Å². The molecule has 0 aliphatic heterocycles. The fourth-order valence-electron chi connectivity index (χ4n) is 4.14. The van der Waals surface area contributed by atoms with Crippen LogP contribution in [0.2, 0.25) is 0 Å². The van der Waals surface area contributed by atoms with E-state index in [0.29, 0.717) is 13.2 Å². The Morgan fingerprint density at radius 3 is 1.76 bits per heavy atom. The van der Waals surface area contributed by atoms with E-state index >= 15 is 0 Å². The molecule has 4 rings (SSSR count). The molecule has 0 aromatic heterocycles. The van der Waals surface area contributed by atoms with Gasteiger partial charge in [-0.15, -0.1) is 0 Å². The average Bonchev–Trinajstić information content (AvgIpc) is 2.89. The Morgan fingerprint density at radius 1 is 0.703 bits per heavy atom. The molecule has 0 saturated carbocycles. The quantitative estimate of drug-likeness (QED) is 0.0948. The van der Waals surface area contributed by atoms with Crippen LogP contribution in [0.25, 0.3) is 12.2 Å². The van der Waals surface area contributed by atoms with Crippen LogP contribution >= 0.6 is 30.2 Å². The lowest BCUT2D eigenvalue weighted by molar-refractivity contribution is 0.219. The van der Waals surface area contributed by atoms with Gasteiger partial charge in [-0.05, 0) is 102 Å².